The van der Waals surface area contributed by atoms with E-state index in [0.717, 1.165) is 24.5 Å². The number of hydrogen-bond acceptors (Lipinski definition) is 3. The van der Waals surface area contributed by atoms with Gasteiger partial charge < -0.3 is 20.2 Å². The average Bonchev–Trinajstić information content (AvgIpc) is 3.24. The van der Waals surface area contributed by atoms with Gasteiger partial charge in [-0.15, -0.1) is 0 Å². The molecule has 0 saturated carbocycles. The van der Waals surface area contributed by atoms with E-state index >= 15 is 0 Å². The number of likely N-dealkylation sites (tertiary alicyclic amines) is 1. The van der Waals surface area contributed by atoms with Crippen LogP contribution in [0.5, 0.6) is 0 Å². The van der Waals surface area contributed by atoms with Crippen LogP contribution < -0.4 is 5.32 Å². The van der Waals surface area contributed by atoms with E-state index in [0.29, 0.717) is 35.8 Å². The van der Waals surface area contributed by atoms with Crippen molar-refractivity contribution in [2.45, 2.75) is 45.7 Å². The van der Waals surface area contributed by atoms with E-state index in [9.17, 15) is 23.5 Å². The molecule has 176 valence electrons. The van der Waals surface area contributed by atoms with Crippen molar-refractivity contribution in [1.29, 1.82) is 0 Å². The lowest BCUT2D eigenvalue weighted by molar-refractivity contribution is -0.143. The third-order valence-electron chi connectivity index (χ3n) is 6.64. The number of carbonyl (C=O) groups is 2. The van der Waals surface area contributed by atoms with Crippen molar-refractivity contribution in [3.63, 3.8) is 0 Å². The van der Waals surface area contributed by atoms with Gasteiger partial charge in [-0.2, -0.15) is 0 Å². The lowest BCUT2D eigenvalue weighted by Gasteiger charge is -2.36. The molecule has 0 bridgehead atoms. The molecule has 0 unspecified atom stereocenters. The highest BCUT2D eigenvalue weighted by Gasteiger charge is 2.33. The van der Waals surface area contributed by atoms with Crippen LogP contribution in [-0.2, 0) is 17.9 Å². The van der Waals surface area contributed by atoms with Crippen LogP contribution in [0.3, 0.4) is 0 Å². The Labute approximate surface area is 192 Å². The molecular weight excluding hydrogens is 428 g/mol. The molecule has 2 aliphatic rings. The molecule has 0 spiro atoms. The minimum atomic E-state index is -0.761. The van der Waals surface area contributed by atoms with Gasteiger partial charge in [-0.05, 0) is 61.9 Å². The van der Waals surface area contributed by atoms with Crippen LogP contribution in [0.15, 0.2) is 36.4 Å². The van der Waals surface area contributed by atoms with Gasteiger partial charge in [0.05, 0.1) is 18.6 Å². The van der Waals surface area contributed by atoms with Crippen LogP contribution in [0, 0.1) is 17.0 Å². The molecule has 8 heteroatoms. The summed E-state index contributed by atoms with van der Waals surface area (Å²) in [4.78, 5) is 28.4. The lowest BCUT2D eigenvalue weighted by Crippen LogP contribution is -2.46. The molecule has 0 radical (unpaired) electrons. The van der Waals surface area contributed by atoms with Crippen LogP contribution in [0.2, 0.25) is 0 Å². The summed E-state index contributed by atoms with van der Waals surface area (Å²) in [6.07, 6.45) is 1.68. The topological polar surface area (TPSA) is 72.9 Å². The van der Waals surface area contributed by atoms with E-state index in [1.165, 1.54) is 11.0 Å². The van der Waals surface area contributed by atoms with Gasteiger partial charge in [-0.25, -0.2) is 13.6 Å². The van der Waals surface area contributed by atoms with Crippen LogP contribution in [0.25, 0.3) is 0 Å². The summed E-state index contributed by atoms with van der Waals surface area (Å²) in [6.45, 7) is 4.91. The predicted molar refractivity (Wildman–Crippen MR) is 120 cm³/mol. The summed E-state index contributed by atoms with van der Waals surface area (Å²) >= 11 is 0. The Balaban J connectivity index is 1.32. The molecule has 3 amide bonds. The molecule has 0 aromatic heterocycles. The summed E-state index contributed by atoms with van der Waals surface area (Å²) in [5.74, 6) is -0.969. The number of anilines is 1. The van der Waals surface area contributed by atoms with Crippen molar-refractivity contribution < 1.29 is 23.5 Å². The number of amides is 3. The number of hydrogen-bond donors (Lipinski definition) is 2. The monoisotopic (exact) mass is 457 g/mol. The van der Waals surface area contributed by atoms with Crippen LogP contribution >= 0.6 is 0 Å². The Morgan fingerprint density at radius 2 is 1.73 bits per heavy atom. The molecule has 1 fully saturated rings. The SMILES string of the molecule is CC(C)(CO)C(=O)N1CCC(c2ccc(NC(=O)N3Cc4cc(F)cc(F)c4C3)cc2)CC1. The van der Waals surface area contributed by atoms with Crippen molar-refractivity contribution in [3.05, 3.63) is 64.7 Å². The highest BCUT2D eigenvalue weighted by Crippen LogP contribution is 2.31. The van der Waals surface area contributed by atoms with E-state index in [1.807, 2.05) is 29.2 Å². The lowest BCUT2D eigenvalue weighted by atomic mass is 9.87. The first-order chi connectivity index (χ1) is 15.7. The van der Waals surface area contributed by atoms with E-state index in [2.05, 4.69) is 5.32 Å². The number of fused-ring (bicyclic) bond motifs is 1. The summed E-state index contributed by atoms with van der Waals surface area (Å²) in [7, 11) is 0. The Morgan fingerprint density at radius 3 is 2.36 bits per heavy atom. The zero-order valence-electron chi connectivity index (χ0n) is 18.9. The van der Waals surface area contributed by atoms with Crippen LogP contribution in [-0.4, -0.2) is 46.5 Å². The molecule has 2 aliphatic heterocycles. The van der Waals surface area contributed by atoms with Crippen molar-refractivity contribution in [1.82, 2.24) is 9.80 Å². The number of nitrogens with zero attached hydrogens (tertiary/aromatic N) is 2. The van der Waals surface area contributed by atoms with E-state index in [4.69, 9.17) is 0 Å². The summed E-state index contributed by atoms with van der Waals surface area (Å²) < 4.78 is 27.4. The average molecular weight is 458 g/mol. The van der Waals surface area contributed by atoms with Crippen molar-refractivity contribution in [2.24, 2.45) is 5.41 Å². The van der Waals surface area contributed by atoms with Gasteiger partial charge in [0, 0.05) is 37.0 Å². The Hall–Kier alpha value is -3.00. The number of halogens is 2. The second-order valence-corrected chi connectivity index (χ2v) is 9.54. The quantitative estimate of drug-likeness (QED) is 0.722. The Morgan fingerprint density at radius 1 is 1.06 bits per heavy atom. The number of piperidine rings is 1. The first kappa shape index (κ1) is 23.2. The molecule has 6 nitrogen and oxygen atoms in total. The van der Waals surface area contributed by atoms with Crippen molar-refractivity contribution >= 4 is 17.6 Å². The molecule has 0 aliphatic carbocycles. The summed E-state index contributed by atoms with van der Waals surface area (Å²) in [5.41, 5.74) is 1.86. The summed E-state index contributed by atoms with van der Waals surface area (Å²) in [5, 5.41) is 12.3. The molecule has 0 atom stereocenters. The molecule has 33 heavy (non-hydrogen) atoms. The number of aliphatic hydroxyl groups is 1. The van der Waals surface area contributed by atoms with Gasteiger partial charge in [-0.1, -0.05) is 12.1 Å². The van der Waals surface area contributed by atoms with Gasteiger partial charge in [0.1, 0.15) is 11.6 Å². The fraction of sp³-hybridized carbons (Fsp3) is 0.440. The first-order valence-electron chi connectivity index (χ1n) is 11.2. The second-order valence-electron chi connectivity index (χ2n) is 9.54. The van der Waals surface area contributed by atoms with E-state index in [-0.39, 0.29) is 31.6 Å². The molecular formula is C25H29F2N3O3. The zero-order valence-corrected chi connectivity index (χ0v) is 18.9. The third kappa shape index (κ3) is 4.85. The van der Waals surface area contributed by atoms with E-state index < -0.39 is 17.0 Å². The molecule has 4 rings (SSSR count). The predicted octanol–water partition coefficient (Wildman–Crippen LogP) is 4.24. The number of nitrogens with one attached hydrogen (secondary N) is 1. The first-order valence-corrected chi connectivity index (χ1v) is 11.2. The number of rotatable bonds is 4. The largest absolute Gasteiger partial charge is 0.395 e. The number of benzene rings is 2. The second kappa shape index (κ2) is 9.09. The highest BCUT2D eigenvalue weighted by molar-refractivity contribution is 5.89. The molecule has 1 saturated heterocycles. The van der Waals surface area contributed by atoms with E-state index in [1.54, 1.807) is 13.8 Å². The highest BCUT2D eigenvalue weighted by atomic mass is 19.1. The van der Waals surface area contributed by atoms with Crippen LogP contribution in [0.1, 0.15) is 49.3 Å². The summed E-state index contributed by atoms with van der Waals surface area (Å²) in [6, 6.07) is 9.37. The fourth-order valence-corrected chi connectivity index (χ4v) is 4.52. The maximum absolute atomic E-state index is 14.0. The maximum Gasteiger partial charge on any atom is 0.322 e. The van der Waals surface area contributed by atoms with Crippen LogP contribution in [0.4, 0.5) is 19.3 Å². The molecule has 2 aromatic rings. The standard InChI is InChI=1S/C25H29F2N3O3/c1-25(2,15-31)23(32)29-9-7-17(8-10-29)16-3-5-20(6-4-16)28-24(33)30-13-18-11-19(26)12-22(27)21(18)14-30/h3-6,11-12,17,31H,7-10,13-15H2,1-2H3,(H,28,33). The fourth-order valence-electron chi connectivity index (χ4n) is 4.52. The Bertz CT molecular complexity index is 1050. The van der Waals surface area contributed by atoms with Gasteiger partial charge >= 0.3 is 6.03 Å². The third-order valence-corrected chi connectivity index (χ3v) is 6.64. The zero-order chi connectivity index (χ0) is 23.8. The van der Waals surface area contributed by atoms with Gasteiger partial charge in [0.2, 0.25) is 5.91 Å². The minimum Gasteiger partial charge on any atom is -0.395 e. The molecule has 2 aromatic carbocycles. The number of urea groups is 1. The maximum atomic E-state index is 14.0. The van der Waals surface area contributed by atoms with Crippen molar-refractivity contribution in [2.75, 3.05) is 25.0 Å². The number of aliphatic hydroxyl groups excluding tert-OH is 1. The molecule has 2 N–H and O–H groups in total. The normalized spacial score (nSPS) is 16.6. The Kier molecular flexibility index (Phi) is 6.38. The van der Waals surface area contributed by atoms with Gasteiger partial charge in [0.15, 0.2) is 0 Å². The minimum absolute atomic E-state index is 0.0202. The van der Waals surface area contributed by atoms with Crippen molar-refractivity contribution in [3.8, 4) is 0 Å². The number of carbonyl (C=O) groups excluding carboxylic acids is 2. The van der Waals surface area contributed by atoms with Gasteiger partial charge in [-0.3, -0.25) is 4.79 Å². The smallest absolute Gasteiger partial charge is 0.322 e. The van der Waals surface area contributed by atoms with Gasteiger partial charge in [0.25, 0.3) is 0 Å². The molecule has 2 heterocycles.